The smallest absolute Gasteiger partial charge is 0.0271 e. The molecule has 0 aromatic carbocycles. The molecule has 0 atom stereocenters. The Labute approximate surface area is 111 Å². The Kier molecular flexibility index (Phi) is 7.30. The maximum Gasteiger partial charge on any atom is 0.0271 e. The van der Waals surface area contributed by atoms with E-state index in [1.165, 1.54) is 17.6 Å². The summed E-state index contributed by atoms with van der Waals surface area (Å²) in [4.78, 5) is 6.44. The summed E-state index contributed by atoms with van der Waals surface area (Å²) in [5, 5.41) is 3.39. The number of hydrogen-bond acceptors (Lipinski definition) is 3. The summed E-state index contributed by atoms with van der Waals surface area (Å²) in [6.45, 7) is 13.4. The van der Waals surface area contributed by atoms with Crippen molar-refractivity contribution >= 4 is 0 Å². The first kappa shape index (κ1) is 14.9. The number of aromatic nitrogens is 1. The van der Waals surface area contributed by atoms with Gasteiger partial charge in [-0.2, -0.15) is 0 Å². The van der Waals surface area contributed by atoms with Gasteiger partial charge in [0.2, 0.25) is 0 Å². The average Bonchev–Trinajstić information content (AvgIpc) is 2.39. The van der Waals surface area contributed by atoms with Gasteiger partial charge in [0.15, 0.2) is 0 Å². The van der Waals surface area contributed by atoms with Crippen LogP contribution in [-0.2, 0) is 6.54 Å². The molecule has 0 bridgehead atoms. The van der Waals surface area contributed by atoms with Crippen LogP contribution in [0.2, 0.25) is 0 Å². The van der Waals surface area contributed by atoms with E-state index in [0.717, 1.165) is 32.7 Å². The van der Waals surface area contributed by atoms with Crippen LogP contribution in [0.25, 0.3) is 0 Å². The molecule has 0 fully saturated rings. The summed E-state index contributed by atoms with van der Waals surface area (Å²) < 4.78 is 0. The Hall–Kier alpha value is -1.19. The lowest BCUT2D eigenvalue weighted by molar-refractivity contribution is 0.302. The third kappa shape index (κ3) is 5.94. The molecule has 18 heavy (non-hydrogen) atoms. The van der Waals surface area contributed by atoms with Crippen LogP contribution in [0.1, 0.15) is 25.8 Å². The lowest BCUT2D eigenvalue weighted by Gasteiger charge is -2.21. The third-order valence-electron chi connectivity index (χ3n) is 2.85. The largest absolute Gasteiger partial charge is 0.313 e. The maximum atomic E-state index is 4.14. The lowest BCUT2D eigenvalue weighted by Crippen LogP contribution is -2.29. The van der Waals surface area contributed by atoms with Crippen molar-refractivity contribution in [3.05, 3.63) is 42.2 Å². The van der Waals surface area contributed by atoms with Gasteiger partial charge in [-0.25, -0.2) is 0 Å². The summed E-state index contributed by atoms with van der Waals surface area (Å²) in [7, 11) is 0. The maximum absolute atomic E-state index is 4.14. The molecule has 0 aliphatic heterocycles. The molecular formula is C15H25N3. The summed E-state index contributed by atoms with van der Waals surface area (Å²) in [5.41, 5.74) is 2.56. The Morgan fingerprint density at radius 2 is 2.06 bits per heavy atom. The molecule has 1 aromatic heterocycles. The monoisotopic (exact) mass is 247 g/mol. The number of likely N-dealkylation sites (N-methyl/N-ethyl adjacent to an activating group) is 1. The molecule has 0 amide bonds. The van der Waals surface area contributed by atoms with Gasteiger partial charge in [0, 0.05) is 32.0 Å². The molecule has 1 aromatic rings. The van der Waals surface area contributed by atoms with E-state index < -0.39 is 0 Å². The summed E-state index contributed by atoms with van der Waals surface area (Å²) >= 11 is 0. The third-order valence-corrected chi connectivity index (χ3v) is 2.85. The second-order valence-electron chi connectivity index (χ2n) is 4.59. The zero-order valence-corrected chi connectivity index (χ0v) is 11.7. The van der Waals surface area contributed by atoms with Gasteiger partial charge in [0.25, 0.3) is 0 Å². The van der Waals surface area contributed by atoms with Crippen molar-refractivity contribution in [3.63, 3.8) is 0 Å². The predicted octanol–water partition coefficient (Wildman–Crippen LogP) is 2.46. The lowest BCUT2D eigenvalue weighted by atomic mass is 10.2. The molecule has 0 aliphatic carbocycles. The van der Waals surface area contributed by atoms with E-state index in [0.29, 0.717) is 0 Å². The highest BCUT2D eigenvalue weighted by atomic mass is 15.1. The molecule has 0 aliphatic rings. The van der Waals surface area contributed by atoms with Crippen LogP contribution >= 0.6 is 0 Å². The van der Waals surface area contributed by atoms with Crippen LogP contribution in [0, 0.1) is 0 Å². The van der Waals surface area contributed by atoms with Gasteiger partial charge in [0.05, 0.1) is 0 Å². The van der Waals surface area contributed by atoms with Crippen LogP contribution < -0.4 is 5.32 Å². The van der Waals surface area contributed by atoms with E-state index in [4.69, 9.17) is 0 Å². The summed E-state index contributed by atoms with van der Waals surface area (Å²) in [5.74, 6) is 0. The van der Waals surface area contributed by atoms with Crippen molar-refractivity contribution in [1.82, 2.24) is 15.2 Å². The molecule has 1 rings (SSSR count). The highest BCUT2D eigenvalue weighted by molar-refractivity contribution is 5.10. The number of hydrogen-bond donors (Lipinski definition) is 1. The molecule has 0 spiro atoms. The van der Waals surface area contributed by atoms with Crippen LogP contribution in [0.3, 0.4) is 0 Å². The standard InChI is InChI=1S/C15H25N3/c1-4-8-17-11-14(3)12-18(5-2)13-15-6-9-16-10-7-15/h6-7,9-10,17H,3-5,8,11-13H2,1-2H3. The molecule has 0 saturated carbocycles. The van der Waals surface area contributed by atoms with E-state index in [1.54, 1.807) is 0 Å². The molecular weight excluding hydrogens is 222 g/mol. The zero-order valence-electron chi connectivity index (χ0n) is 11.7. The van der Waals surface area contributed by atoms with Gasteiger partial charge in [0.1, 0.15) is 0 Å². The van der Waals surface area contributed by atoms with Gasteiger partial charge >= 0.3 is 0 Å². The zero-order chi connectivity index (χ0) is 13.2. The molecule has 100 valence electrons. The molecule has 3 heteroatoms. The van der Waals surface area contributed by atoms with Crippen molar-refractivity contribution in [1.29, 1.82) is 0 Å². The van der Waals surface area contributed by atoms with Crippen LogP contribution in [0.15, 0.2) is 36.7 Å². The van der Waals surface area contributed by atoms with E-state index in [-0.39, 0.29) is 0 Å². The van der Waals surface area contributed by atoms with Gasteiger partial charge in [-0.3, -0.25) is 9.88 Å². The highest BCUT2D eigenvalue weighted by Gasteiger charge is 2.05. The Bertz CT molecular complexity index is 335. The predicted molar refractivity (Wildman–Crippen MR) is 77.5 cm³/mol. The van der Waals surface area contributed by atoms with E-state index in [9.17, 15) is 0 Å². The fourth-order valence-corrected chi connectivity index (χ4v) is 1.84. The SMILES string of the molecule is C=C(CNCCC)CN(CC)Cc1ccncc1. The molecule has 0 radical (unpaired) electrons. The van der Waals surface area contributed by atoms with Gasteiger partial charge in [-0.05, 0) is 42.8 Å². The van der Waals surface area contributed by atoms with Gasteiger partial charge in [-0.1, -0.05) is 20.4 Å². The minimum absolute atomic E-state index is 0.917. The molecule has 1 N–H and O–H groups in total. The number of nitrogens with zero attached hydrogens (tertiary/aromatic N) is 2. The fourth-order valence-electron chi connectivity index (χ4n) is 1.84. The summed E-state index contributed by atoms with van der Waals surface area (Å²) in [6, 6.07) is 4.14. The topological polar surface area (TPSA) is 28.2 Å². The van der Waals surface area contributed by atoms with Crippen LogP contribution in [0.4, 0.5) is 0 Å². The second kappa shape index (κ2) is 8.84. The van der Waals surface area contributed by atoms with E-state index in [2.05, 4.69) is 47.8 Å². The Morgan fingerprint density at radius 1 is 1.33 bits per heavy atom. The van der Waals surface area contributed by atoms with Crippen molar-refractivity contribution < 1.29 is 0 Å². The number of nitrogens with one attached hydrogen (secondary N) is 1. The highest BCUT2D eigenvalue weighted by Crippen LogP contribution is 2.05. The quantitative estimate of drug-likeness (QED) is 0.537. The average molecular weight is 247 g/mol. The summed E-state index contributed by atoms with van der Waals surface area (Å²) in [6.07, 6.45) is 4.86. The van der Waals surface area contributed by atoms with Crippen molar-refractivity contribution in [3.8, 4) is 0 Å². The number of pyridine rings is 1. The first-order valence-corrected chi connectivity index (χ1v) is 6.74. The van der Waals surface area contributed by atoms with E-state index >= 15 is 0 Å². The first-order valence-electron chi connectivity index (χ1n) is 6.74. The first-order chi connectivity index (χ1) is 8.76. The van der Waals surface area contributed by atoms with Crippen molar-refractivity contribution in [2.75, 3.05) is 26.2 Å². The fraction of sp³-hybridized carbons (Fsp3) is 0.533. The van der Waals surface area contributed by atoms with Crippen molar-refractivity contribution in [2.45, 2.75) is 26.8 Å². The van der Waals surface area contributed by atoms with Gasteiger partial charge in [-0.15, -0.1) is 0 Å². The molecule has 1 heterocycles. The molecule has 0 saturated heterocycles. The van der Waals surface area contributed by atoms with Crippen LogP contribution in [0.5, 0.6) is 0 Å². The molecule has 0 unspecified atom stereocenters. The Balaban J connectivity index is 2.35. The van der Waals surface area contributed by atoms with Gasteiger partial charge < -0.3 is 5.32 Å². The minimum atomic E-state index is 0.917. The minimum Gasteiger partial charge on any atom is -0.313 e. The molecule has 3 nitrogen and oxygen atoms in total. The Morgan fingerprint density at radius 3 is 2.67 bits per heavy atom. The number of rotatable bonds is 9. The van der Waals surface area contributed by atoms with Crippen molar-refractivity contribution in [2.24, 2.45) is 0 Å². The second-order valence-corrected chi connectivity index (χ2v) is 4.59. The normalized spacial score (nSPS) is 10.8. The van der Waals surface area contributed by atoms with Crippen LogP contribution in [-0.4, -0.2) is 36.1 Å². The van der Waals surface area contributed by atoms with E-state index in [1.807, 2.05) is 12.4 Å².